The Hall–Kier alpha value is -2.20. The summed E-state index contributed by atoms with van der Waals surface area (Å²) in [6.45, 7) is 5.92. The number of nitro groups is 1. The lowest BCUT2D eigenvalue weighted by molar-refractivity contribution is -0.385. The third-order valence-corrected chi connectivity index (χ3v) is 3.99. The van der Waals surface area contributed by atoms with E-state index in [1.54, 1.807) is 0 Å². The molecule has 23 heavy (non-hydrogen) atoms. The first-order chi connectivity index (χ1) is 10.5. The number of hydrogen-bond donors (Lipinski definition) is 3. The number of guanidine groups is 1. The maximum atomic E-state index is 12.1. The normalized spacial score (nSPS) is 12.9. The molecule has 10 heteroatoms. The number of benzene rings is 1. The van der Waals surface area contributed by atoms with Gasteiger partial charge in [-0.1, -0.05) is 6.07 Å². The third kappa shape index (κ3) is 6.61. The molecule has 0 fully saturated rings. The van der Waals surface area contributed by atoms with Crippen molar-refractivity contribution in [3.8, 4) is 0 Å². The summed E-state index contributed by atoms with van der Waals surface area (Å²) in [6, 6.07) is 4.83. The third-order valence-electron chi connectivity index (χ3n) is 2.53. The average molecular weight is 343 g/mol. The van der Waals surface area contributed by atoms with E-state index in [1.165, 1.54) is 18.2 Å². The highest BCUT2D eigenvalue weighted by atomic mass is 32.2. The summed E-state index contributed by atoms with van der Waals surface area (Å²) in [5, 5.41) is 13.6. The lowest BCUT2D eigenvalue weighted by Gasteiger charge is -2.20. The molecule has 0 aliphatic carbocycles. The van der Waals surface area contributed by atoms with Gasteiger partial charge in [-0.05, 0) is 26.8 Å². The van der Waals surface area contributed by atoms with Crippen LogP contribution in [0, 0.1) is 10.1 Å². The van der Waals surface area contributed by atoms with Crippen molar-refractivity contribution in [3.63, 3.8) is 0 Å². The molecule has 1 aromatic carbocycles. The number of rotatable bonds is 6. The van der Waals surface area contributed by atoms with Crippen molar-refractivity contribution in [1.82, 2.24) is 10.0 Å². The minimum absolute atomic E-state index is 0.0253. The fraction of sp³-hybridized carbons (Fsp3) is 0.462. The number of nitrogens with two attached hydrogens (primary N) is 1. The molecule has 0 saturated carbocycles. The number of non-ortho nitro benzene ring substituents is 1. The van der Waals surface area contributed by atoms with Crippen LogP contribution in [-0.4, -0.2) is 37.9 Å². The summed E-state index contributed by atoms with van der Waals surface area (Å²) in [6.07, 6.45) is 0. The van der Waals surface area contributed by atoms with Crippen molar-refractivity contribution in [2.24, 2.45) is 10.7 Å². The van der Waals surface area contributed by atoms with E-state index in [1.807, 2.05) is 20.8 Å². The average Bonchev–Trinajstić information content (AvgIpc) is 2.42. The van der Waals surface area contributed by atoms with Gasteiger partial charge in [0.05, 0.1) is 16.4 Å². The molecular weight excluding hydrogens is 322 g/mol. The van der Waals surface area contributed by atoms with Crippen molar-refractivity contribution in [1.29, 1.82) is 0 Å². The number of nitrogens with zero attached hydrogens (tertiary/aromatic N) is 2. The van der Waals surface area contributed by atoms with Gasteiger partial charge < -0.3 is 11.1 Å². The molecular formula is C13H21N5O4S. The summed E-state index contributed by atoms with van der Waals surface area (Å²) < 4.78 is 26.4. The maximum Gasteiger partial charge on any atom is 0.270 e. The Bertz CT molecular complexity index is 695. The molecule has 0 bridgehead atoms. The maximum absolute atomic E-state index is 12.1. The fourth-order valence-corrected chi connectivity index (χ4v) is 2.69. The van der Waals surface area contributed by atoms with E-state index >= 15 is 0 Å². The van der Waals surface area contributed by atoms with Gasteiger partial charge in [0.25, 0.3) is 5.69 Å². The van der Waals surface area contributed by atoms with Crippen LogP contribution in [0.1, 0.15) is 20.8 Å². The van der Waals surface area contributed by atoms with E-state index in [-0.39, 0.29) is 35.2 Å². The van der Waals surface area contributed by atoms with Crippen LogP contribution in [0.4, 0.5) is 5.69 Å². The molecule has 128 valence electrons. The van der Waals surface area contributed by atoms with Crippen molar-refractivity contribution >= 4 is 21.7 Å². The van der Waals surface area contributed by atoms with E-state index in [2.05, 4.69) is 15.0 Å². The van der Waals surface area contributed by atoms with Crippen LogP contribution < -0.4 is 15.8 Å². The Morgan fingerprint density at radius 2 is 2.04 bits per heavy atom. The van der Waals surface area contributed by atoms with E-state index in [9.17, 15) is 18.5 Å². The molecule has 0 heterocycles. The largest absolute Gasteiger partial charge is 0.370 e. The van der Waals surface area contributed by atoms with E-state index in [0.29, 0.717) is 0 Å². The minimum atomic E-state index is -3.83. The van der Waals surface area contributed by atoms with Gasteiger partial charge in [0.2, 0.25) is 10.0 Å². The van der Waals surface area contributed by atoms with Crippen molar-refractivity contribution < 1.29 is 13.3 Å². The van der Waals surface area contributed by atoms with E-state index in [4.69, 9.17) is 5.73 Å². The van der Waals surface area contributed by atoms with Crippen molar-refractivity contribution in [3.05, 3.63) is 34.4 Å². The molecule has 0 aliphatic rings. The molecule has 0 spiro atoms. The highest BCUT2D eigenvalue weighted by Crippen LogP contribution is 2.16. The Balaban J connectivity index is 2.65. The van der Waals surface area contributed by atoms with Gasteiger partial charge in [-0.25, -0.2) is 13.1 Å². The van der Waals surface area contributed by atoms with Gasteiger partial charge >= 0.3 is 0 Å². The van der Waals surface area contributed by atoms with Crippen LogP contribution in [0.3, 0.4) is 0 Å². The molecule has 0 radical (unpaired) electrons. The first-order valence-corrected chi connectivity index (χ1v) is 8.32. The van der Waals surface area contributed by atoms with Gasteiger partial charge in [-0.15, -0.1) is 0 Å². The Morgan fingerprint density at radius 3 is 2.61 bits per heavy atom. The highest BCUT2D eigenvalue weighted by Gasteiger charge is 2.17. The zero-order chi connectivity index (χ0) is 17.7. The Labute approximate surface area is 135 Å². The summed E-state index contributed by atoms with van der Waals surface area (Å²) in [7, 11) is -3.83. The summed E-state index contributed by atoms with van der Waals surface area (Å²) >= 11 is 0. The van der Waals surface area contributed by atoms with Crippen LogP contribution in [0.2, 0.25) is 0 Å². The van der Waals surface area contributed by atoms with Crippen LogP contribution in [0.5, 0.6) is 0 Å². The number of hydrogen-bond acceptors (Lipinski definition) is 5. The monoisotopic (exact) mass is 343 g/mol. The summed E-state index contributed by atoms with van der Waals surface area (Å²) in [4.78, 5) is 13.9. The number of sulfonamides is 1. The predicted octanol–water partition coefficient (Wildman–Crippen LogP) is 0.576. The smallest absolute Gasteiger partial charge is 0.270 e. The Morgan fingerprint density at radius 1 is 1.39 bits per heavy atom. The zero-order valence-electron chi connectivity index (χ0n) is 13.2. The van der Waals surface area contributed by atoms with Crippen LogP contribution >= 0.6 is 0 Å². The summed E-state index contributed by atoms with van der Waals surface area (Å²) in [5.41, 5.74) is 5.13. The standard InChI is InChI=1S/C13H21N5O4S/c1-13(2,3)17-12(14)15-7-8-16-23(21,22)11-6-4-5-10(9-11)18(19)20/h4-6,9,16H,7-8H2,1-3H3,(H3,14,15,17). The molecule has 9 nitrogen and oxygen atoms in total. The molecule has 4 N–H and O–H groups in total. The molecule has 1 rings (SSSR count). The molecule has 1 aromatic rings. The Kier molecular flexibility index (Phi) is 6.05. The quantitative estimate of drug-likeness (QED) is 0.227. The molecule has 0 unspecified atom stereocenters. The SMILES string of the molecule is CC(C)(C)NC(N)=NCCNS(=O)(=O)c1cccc([N+](=O)[O-])c1. The van der Waals surface area contributed by atoms with Gasteiger partial charge in [-0.2, -0.15) is 0 Å². The first kappa shape index (κ1) is 18.8. The zero-order valence-corrected chi connectivity index (χ0v) is 14.1. The van der Waals surface area contributed by atoms with Gasteiger partial charge in [0.15, 0.2) is 5.96 Å². The lowest BCUT2D eigenvalue weighted by Crippen LogP contribution is -2.45. The second kappa shape index (κ2) is 7.38. The highest BCUT2D eigenvalue weighted by molar-refractivity contribution is 7.89. The molecule has 0 aliphatic heterocycles. The molecule has 0 saturated heterocycles. The number of nitrogens with one attached hydrogen (secondary N) is 2. The number of aliphatic imine (C=N–C) groups is 1. The second-order valence-electron chi connectivity index (χ2n) is 5.79. The van der Waals surface area contributed by atoms with Crippen molar-refractivity contribution in [2.75, 3.05) is 13.1 Å². The second-order valence-corrected chi connectivity index (χ2v) is 7.56. The van der Waals surface area contributed by atoms with Crippen molar-refractivity contribution in [2.45, 2.75) is 31.2 Å². The number of nitro benzene ring substituents is 1. The van der Waals surface area contributed by atoms with Gasteiger partial charge in [0.1, 0.15) is 0 Å². The molecule has 0 atom stereocenters. The first-order valence-electron chi connectivity index (χ1n) is 6.83. The summed E-state index contributed by atoms with van der Waals surface area (Å²) in [5.74, 6) is 0.215. The lowest BCUT2D eigenvalue weighted by atomic mass is 10.1. The minimum Gasteiger partial charge on any atom is -0.370 e. The van der Waals surface area contributed by atoms with E-state index < -0.39 is 14.9 Å². The van der Waals surface area contributed by atoms with Gasteiger partial charge in [0, 0.05) is 24.2 Å². The van der Waals surface area contributed by atoms with Crippen LogP contribution in [0.15, 0.2) is 34.2 Å². The van der Waals surface area contributed by atoms with Crippen LogP contribution in [0.25, 0.3) is 0 Å². The molecule has 0 aromatic heterocycles. The van der Waals surface area contributed by atoms with Gasteiger partial charge in [-0.3, -0.25) is 15.1 Å². The van der Waals surface area contributed by atoms with Crippen LogP contribution in [-0.2, 0) is 10.0 Å². The topological polar surface area (TPSA) is 140 Å². The fourth-order valence-electron chi connectivity index (χ4n) is 1.63. The predicted molar refractivity (Wildman–Crippen MR) is 87.7 cm³/mol. The van der Waals surface area contributed by atoms with E-state index in [0.717, 1.165) is 6.07 Å². The molecule has 0 amide bonds.